The molecule has 0 spiro atoms. The molecule has 0 aliphatic heterocycles. The fourth-order valence-corrected chi connectivity index (χ4v) is 2.40. The first-order chi connectivity index (χ1) is 6.66. The number of hydrogen-bond acceptors (Lipinski definition) is 1. The molecule has 14 heavy (non-hydrogen) atoms. The Hall–Kier alpha value is -0.210. The van der Waals surface area contributed by atoms with E-state index in [4.69, 9.17) is 11.6 Å². The maximum atomic E-state index is 6.15. The van der Waals surface area contributed by atoms with Crippen molar-refractivity contribution in [1.82, 2.24) is 0 Å². The summed E-state index contributed by atoms with van der Waals surface area (Å²) in [6, 6.07) is 6.59. The minimum atomic E-state index is 0.608. The predicted molar refractivity (Wildman–Crippen MR) is 65.0 cm³/mol. The summed E-state index contributed by atoms with van der Waals surface area (Å²) < 4.78 is 0.955. The van der Waals surface area contributed by atoms with E-state index >= 15 is 0 Å². The van der Waals surface area contributed by atoms with Crippen LogP contribution >= 0.6 is 27.5 Å². The van der Waals surface area contributed by atoms with Crippen molar-refractivity contribution in [3.8, 4) is 0 Å². The first kappa shape index (κ1) is 10.3. The molecule has 76 valence electrons. The molecule has 0 amide bonds. The average Bonchev–Trinajstić information content (AvgIpc) is 2.10. The van der Waals surface area contributed by atoms with Crippen molar-refractivity contribution < 1.29 is 0 Å². The van der Waals surface area contributed by atoms with E-state index in [9.17, 15) is 0 Å². The molecule has 1 saturated carbocycles. The zero-order chi connectivity index (χ0) is 10.1. The van der Waals surface area contributed by atoms with E-state index in [1.807, 2.05) is 18.2 Å². The molecule has 0 atom stereocenters. The third kappa shape index (κ3) is 2.06. The van der Waals surface area contributed by atoms with Gasteiger partial charge in [0.15, 0.2) is 0 Å². The Morgan fingerprint density at radius 3 is 2.79 bits per heavy atom. The summed E-state index contributed by atoms with van der Waals surface area (Å²) >= 11 is 9.56. The summed E-state index contributed by atoms with van der Waals surface area (Å²) in [7, 11) is 0. The number of anilines is 1. The molecule has 0 aromatic heterocycles. The van der Waals surface area contributed by atoms with Crippen LogP contribution in [0.4, 0.5) is 5.69 Å². The van der Waals surface area contributed by atoms with Gasteiger partial charge in [0.2, 0.25) is 0 Å². The molecule has 1 aromatic carbocycles. The van der Waals surface area contributed by atoms with Crippen LogP contribution in [0.2, 0.25) is 5.02 Å². The van der Waals surface area contributed by atoms with Gasteiger partial charge in [-0.3, -0.25) is 0 Å². The quantitative estimate of drug-likeness (QED) is 0.847. The lowest BCUT2D eigenvalue weighted by atomic mass is 9.82. The van der Waals surface area contributed by atoms with Gasteiger partial charge in [0.1, 0.15) is 0 Å². The topological polar surface area (TPSA) is 12.0 Å². The standard InChI is InChI=1S/C11H13BrClN/c1-7-5-8(6-7)14-10-4-2-3-9(12)11(10)13/h2-4,7-8,14H,5-6H2,1H3. The lowest BCUT2D eigenvalue weighted by molar-refractivity contribution is 0.309. The Labute approximate surface area is 98.0 Å². The van der Waals surface area contributed by atoms with Gasteiger partial charge in [0, 0.05) is 10.5 Å². The highest BCUT2D eigenvalue weighted by Gasteiger charge is 2.25. The normalized spacial score (nSPS) is 25.6. The van der Waals surface area contributed by atoms with Crippen molar-refractivity contribution >= 4 is 33.2 Å². The van der Waals surface area contributed by atoms with Crippen molar-refractivity contribution in [3.05, 3.63) is 27.7 Å². The predicted octanol–water partition coefficient (Wildman–Crippen LogP) is 4.31. The monoisotopic (exact) mass is 273 g/mol. The van der Waals surface area contributed by atoms with Crippen LogP contribution in [0.5, 0.6) is 0 Å². The molecule has 3 heteroatoms. The van der Waals surface area contributed by atoms with E-state index in [2.05, 4.69) is 28.2 Å². The Bertz CT molecular complexity index is 334. The molecule has 0 bridgehead atoms. The van der Waals surface area contributed by atoms with Crippen molar-refractivity contribution in [1.29, 1.82) is 0 Å². The Kier molecular flexibility index (Phi) is 3.03. The van der Waals surface area contributed by atoms with E-state index < -0.39 is 0 Å². The lowest BCUT2D eigenvalue weighted by Gasteiger charge is -2.34. The molecular formula is C11H13BrClN. The smallest absolute Gasteiger partial charge is 0.0779 e. The van der Waals surface area contributed by atoms with Gasteiger partial charge in [-0.2, -0.15) is 0 Å². The van der Waals surface area contributed by atoms with Gasteiger partial charge in [-0.15, -0.1) is 0 Å². The van der Waals surface area contributed by atoms with Gasteiger partial charge in [-0.1, -0.05) is 24.6 Å². The molecule has 1 nitrogen and oxygen atoms in total. The summed E-state index contributed by atoms with van der Waals surface area (Å²) in [6.45, 7) is 2.28. The highest BCUT2D eigenvalue weighted by atomic mass is 79.9. The van der Waals surface area contributed by atoms with E-state index in [1.54, 1.807) is 0 Å². The maximum absolute atomic E-state index is 6.15. The molecule has 0 heterocycles. The Morgan fingerprint density at radius 1 is 1.43 bits per heavy atom. The van der Waals surface area contributed by atoms with E-state index in [1.165, 1.54) is 12.8 Å². The molecule has 0 radical (unpaired) electrons. The Balaban J connectivity index is 2.06. The fourth-order valence-electron chi connectivity index (χ4n) is 1.86. The average molecular weight is 275 g/mol. The van der Waals surface area contributed by atoms with Gasteiger partial charge in [-0.05, 0) is 46.8 Å². The van der Waals surface area contributed by atoms with Crippen LogP contribution in [-0.2, 0) is 0 Å². The number of benzene rings is 1. The molecular weight excluding hydrogens is 261 g/mol. The van der Waals surface area contributed by atoms with Crippen LogP contribution in [0.25, 0.3) is 0 Å². The van der Waals surface area contributed by atoms with Gasteiger partial charge in [0.25, 0.3) is 0 Å². The first-order valence-corrected chi connectivity index (χ1v) is 6.04. The van der Waals surface area contributed by atoms with Crippen LogP contribution in [0, 0.1) is 5.92 Å². The molecule has 2 rings (SSSR count). The summed E-state index contributed by atoms with van der Waals surface area (Å²) in [5.74, 6) is 0.860. The third-order valence-electron chi connectivity index (χ3n) is 2.68. The molecule has 1 aromatic rings. The minimum absolute atomic E-state index is 0.608. The number of halogens is 2. The Morgan fingerprint density at radius 2 is 2.14 bits per heavy atom. The zero-order valence-corrected chi connectivity index (χ0v) is 10.4. The van der Waals surface area contributed by atoms with Crippen LogP contribution in [0.15, 0.2) is 22.7 Å². The summed E-state index contributed by atoms with van der Waals surface area (Å²) in [6.07, 6.45) is 2.51. The molecule has 0 saturated heterocycles. The molecule has 1 N–H and O–H groups in total. The van der Waals surface area contributed by atoms with E-state index in [-0.39, 0.29) is 0 Å². The molecule has 0 unspecified atom stereocenters. The van der Waals surface area contributed by atoms with Crippen LogP contribution in [-0.4, -0.2) is 6.04 Å². The molecule has 1 aliphatic rings. The van der Waals surface area contributed by atoms with Gasteiger partial charge < -0.3 is 5.32 Å². The zero-order valence-electron chi connectivity index (χ0n) is 8.06. The maximum Gasteiger partial charge on any atom is 0.0779 e. The second kappa shape index (κ2) is 4.11. The summed E-state index contributed by atoms with van der Waals surface area (Å²) in [5.41, 5.74) is 1.04. The second-order valence-corrected chi connectivity index (χ2v) is 5.25. The van der Waals surface area contributed by atoms with Crippen molar-refractivity contribution in [2.24, 2.45) is 5.92 Å². The van der Waals surface area contributed by atoms with Gasteiger partial charge in [-0.25, -0.2) is 0 Å². The van der Waals surface area contributed by atoms with Crippen molar-refractivity contribution in [3.63, 3.8) is 0 Å². The van der Waals surface area contributed by atoms with Crippen LogP contribution in [0.1, 0.15) is 19.8 Å². The molecule has 1 aliphatic carbocycles. The van der Waals surface area contributed by atoms with Crippen molar-refractivity contribution in [2.75, 3.05) is 5.32 Å². The molecule has 1 fully saturated rings. The van der Waals surface area contributed by atoms with Gasteiger partial charge in [0.05, 0.1) is 10.7 Å². The summed E-state index contributed by atoms with van der Waals surface area (Å²) in [5, 5.41) is 4.24. The highest BCUT2D eigenvalue weighted by Crippen LogP contribution is 2.34. The van der Waals surface area contributed by atoms with Crippen molar-refractivity contribution in [2.45, 2.75) is 25.8 Å². The summed E-state index contributed by atoms with van der Waals surface area (Å²) in [4.78, 5) is 0. The first-order valence-electron chi connectivity index (χ1n) is 4.87. The van der Waals surface area contributed by atoms with Crippen LogP contribution in [0.3, 0.4) is 0 Å². The number of nitrogens with one attached hydrogen (secondary N) is 1. The minimum Gasteiger partial charge on any atom is -0.381 e. The third-order valence-corrected chi connectivity index (χ3v) is 3.98. The number of hydrogen-bond donors (Lipinski definition) is 1. The van der Waals surface area contributed by atoms with Gasteiger partial charge >= 0.3 is 0 Å². The lowest BCUT2D eigenvalue weighted by Crippen LogP contribution is -2.33. The SMILES string of the molecule is CC1CC(Nc2cccc(Br)c2Cl)C1. The number of rotatable bonds is 2. The fraction of sp³-hybridized carbons (Fsp3) is 0.455. The van der Waals surface area contributed by atoms with Crippen LogP contribution < -0.4 is 5.32 Å². The second-order valence-electron chi connectivity index (χ2n) is 4.02. The van der Waals surface area contributed by atoms with E-state index in [0.717, 1.165) is 21.1 Å². The van der Waals surface area contributed by atoms with E-state index in [0.29, 0.717) is 6.04 Å². The highest BCUT2D eigenvalue weighted by molar-refractivity contribution is 9.10. The largest absolute Gasteiger partial charge is 0.381 e.